The van der Waals surface area contributed by atoms with Crippen LogP contribution in [0.1, 0.15) is 24.8 Å². The second-order valence-electron chi connectivity index (χ2n) is 5.86. The van der Waals surface area contributed by atoms with Crippen LogP contribution < -0.4 is 0 Å². The number of aliphatic carboxylic acids is 1. The van der Waals surface area contributed by atoms with Crippen LogP contribution in [0.4, 0.5) is 0 Å². The van der Waals surface area contributed by atoms with E-state index in [9.17, 15) is 9.59 Å². The van der Waals surface area contributed by atoms with Crippen molar-refractivity contribution in [2.75, 3.05) is 13.1 Å². The molecule has 23 heavy (non-hydrogen) atoms. The number of piperidine rings is 1. The Morgan fingerprint density at radius 2 is 1.91 bits per heavy atom. The van der Waals surface area contributed by atoms with Crippen molar-refractivity contribution in [3.05, 3.63) is 42.0 Å². The van der Waals surface area contributed by atoms with Crippen LogP contribution in [0.3, 0.4) is 0 Å². The largest absolute Gasteiger partial charge is 0.477 e. The molecule has 1 aromatic rings. The topological polar surface area (TPSA) is 79.2 Å². The molecule has 0 unspecified atom stereocenters. The first-order valence-electron chi connectivity index (χ1n) is 7.58. The van der Waals surface area contributed by atoms with E-state index in [-0.39, 0.29) is 11.6 Å². The molecule has 6 heteroatoms. The SMILES string of the molecule is O=C(O)C1=NOC2(CCN(C(=O)C=Cc3ccccc3)CC2)C1. The van der Waals surface area contributed by atoms with Crippen molar-refractivity contribution in [3.8, 4) is 0 Å². The van der Waals surface area contributed by atoms with Crippen LogP contribution in [0, 0.1) is 0 Å². The molecule has 2 aliphatic heterocycles. The number of amides is 1. The molecule has 3 rings (SSSR count). The number of carboxylic acid groups (broad SMARTS) is 1. The van der Waals surface area contributed by atoms with Gasteiger partial charge >= 0.3 is 5.97 Å². The van der Waals surface area contributed by atoms with Gasteiger partial charge in [-0.3, -0.25) is 4.79 Å². The molecule has 1 aromatic carbocycles. The molecule has 0 aliphatic carbocycles. The molecular formula is C17H18N2O4. The molecule has 0 radical (unpaired) electrons. The van der Waals surface area contributed by atoms with Gasteiger partial charge in [-0.15, -0.1) is 0 Å². The number of nitrogens with zero attached hydrogens (tertiary/aromatic N) is 2. The third-order valence-corrected chi connectivity index (χ3v) is 4.29. The van der Waals surface area contributed by atoms with Crippen molar-refractivity contribution in [3.63, 3.8) is 0 Å². The van der Waals surface area contributed by atoms with E-state index in [1.54, 1.807) is 17.1 Å². The Bertz CT molecular complexity index is 658. The molecule has 0 atom stereocenters. The second kappa shape index (κ2) is 6.24. The van der Waals surface area contributed by atoms with E-state index in [1.807, 2.05) is 30.3 Å². The quantitative estimate of drug-likeness (QED) is 0.865. The summed E-state index contributed by atoms with van der Waals surface area (Å²) in [6.07, 6.45) is 4.87. The van der Waals surface area contributed by atoms with E-state index in [4.69, 9.17) is 9.94 Å². The van der Waals surface area contributed by atoms with Gasteiger partial charge in [0, 0.05) is 38.4 Å². The summed E-state index contributed by atoms with van der Waals surface area (Å²) in [5, 5.41) is 12.6. The van der Waals surface area contributed by atoms with Crippen LogP contribution in [-0.2, 0) is 14.4 Å². The average molecular weight is 314 g/mol. The van der Waals surface area contributed by atoms with E-state index in [0.717, 1.165) is 5.56 Å². The van der Waals surface area contributed by atoms with E-state index in [0.29, 0.717) is 32.4 Å². The van der Waals surface area contributed by atoms with Gasteiger partial charge in [0.25, 0.3) is 0 Å². The molecule has 6 nitrogen and oxygen atoms in total. The summed E-state index contributed by atoms with van der Waals surface area (Å²) in [6.45, 7) is 1.08. The van der Waals surface area contributed by atoms with Gasteiger partial charge in [-0.1, -0.05) is 35.5 Å². The first kappa shape index (κ1) is 15.3. The number of likely N-dealkylation sites (tertiary alicyclic amines) is 1. The molecule has 0 aromatic heterocycles. The summed E-state index contributed by atoms with van der Waals surface area (Å²) in [6, 6.07) is 9.65. The maximum absolute atomic E-state index is 12.2. The smallest absolute Gasteiger partial charge is 0.353 e. The predicted octanol–water partition coefficient (Wildman–Crippen LogP) is 1.92. The van der Waals surface area contributed by atoms with Gasteiger partial charge in [0.1, 0.15) is 5.60 Å². The standard InChI is InChI=1S/C17H18N2O4/c20-15(7-6-13-4-2-1-3-5-13)19-10-8-17(9-11-19)12-14(16(21)22)18-23-17/h1-7H,8-12H2,(H,21,22). The van der Waals surface area contributed by atoms with Crippen LogP contribution >= 0.6 is 0 Å². The van der Waals surface area contributed by atoms with Crippen molar-refractivity contribution in [1.29, 1.82) is 0 Å². The highest BCUT2D eigenvalue weighted by molar-refractivity contribution is 6.36. The summed E-state index contributed by atoms with van der Waals surface area (Å²) in [7, 11) is 0. The molecule has 0 saturated carbocycles. The highest BCUT2D eigenvalue weighted by Crippen LogP contribution is 2.34. The van der Waals surface area contributed by atoms with Crippen molar-refractivity contribution < 1.29 is 19.5 Å². The van der Waals surface area contributed by atoms with Gasteiger partial charge in [-0.05, 0) is 11.6 Å². The van der Waals surface area contributed by atoms with Gasteiger partial charge in [0.05, 0.1) is 0 Å². The summed E-state index contributed by atoms with van der Waals surface area (Å²) in [4.78, 5) is 30.3. The molecule has 1 spiro atoms. The van der Waals surface area contributed by atoms with Crippen molar-refractivity contribution in [2.24, 2.45) is 5.16 Å². The molecule has 0 bridgehead atoms. The summed E-state index contributed by atoms with van der Waals surface area (Å²) in [5.41, 5.74) is 0.495. The molecule has 1 saturated heterocycles. The number of carbonyl (C=O) groups excluding carboxylic acids is 1. The summed E-state index contributed by atoms with van der Waals surface area (Å²) in [5.74, 6) is -1.08. The minimum absolute atomic E-state index is 0.0407. The van der Waals surface area contributed by atoms with Crippen molar-refractivity contribution >= 4 is 23.7 Å². The number of oxime groups is 1. The van der Waals surface area contributed by atoms with Crippen molar-refractivity contribution in [2.45, 2.75) is 24.9 Å². The third kappa shape index (κ3) is 3.41. The predicted molar refractivity (Wildman–Crippen MR) is 84.8 cm³/mol. The number of carbonyl (C=O) groups is 2. The molecule has 1 amide bonds. The zero-order valence-electron chi connectivity index (χ0n) is 12.6. The average Bonchev–Trinajstić information content (AvgIpc) is 2.98. The van der Waals surface area contributed by atoms with Crippen LogP contribution in [0.2, 0.25) is 0 Å². The monoisotopic (exact) mass is 314 g/mol. The van der Waals surface area contributed by atoms with E-state index < -0.39 is 11.6 Å². The Balaban J connectivity index is 1.54. The van der Waals surface area contributed by atoms with Crippen molar-refractivity contribution in [1.82, 2.24) is 4.90 Å². The molecule has 1 fully saturated rings. The number of rotatable bonds is 3. The fourth-order valence-electron chi connectivity index (χ4n) is 2.88. The minimum atomic E-state index is -1.04. The van der Waals surface area contributed by atoms with Crippen LogP contribution in [0.5, 0.6) is 0 Å². The first-order valence-corrected chi connectivity index (χ1v) is 7.58. The van der Waals surface area contributed by atoms with Gasteiger partial charge in [-0.25, -0.2) is 4.79 Å². The minimum Gasteiger partial charge on any atom is -0.477 e. The Morgan fingerprint density at radius 1 is 1.22 bits per heavy atom. The fourth-order valence-corrected chi connectivity index (χ4v) is 2.88. The van der Waals surface area contributed by atoms with Crippen LogP contribution in [0.15, 0.2) is 41.6 Å². The maximum Gasteiger partial charge on any atom is 0.353 e. The number of hydrogen-bond acceptors (Lipinski definition) is 4. The highest BCUT2D eigenvalue weighted by atomic mass is 16.7. The number of hydrogen-bond donors (Lipinski definition) is 1. The Kier molecular flexibility index (Phi) is 4.14. The lowest BCUT2D eigenvalue weighted by atomic mass is 9.87. The van der Waals surface area contributed by atoms with E-state index in [2.05, 4.69) is 5.16 Å². The lowest BCUT2D eigenvalue weighted by Gasteiger charge is -2.36. The van der Waals surface area contributed by atoms with Gasteiger partial charge in [0.15, 0.2) is 5.71 Å². The molecule has 120 valence electrons. The highest BCUT2D eigenvalue weighted by Gasteiger charge is 2.44. The number of benzene rings is 1. The van der Waals surface area contributed by atoms with Crippen LogP contribution in [-0.4, -0.2) is 46.3 Å². The molecule has 1 N–H and O–H groups in total. The third-order valence-electron chi connectivity index (χ3n) is 4.29. The maximum atomic E-state index is 12.2. The summed E-state index contributed by atoms with van der Waals surface area (Å²) >= 11 is 0. The van der Waals surface area contributed by atoms with E-state index in [1.165, 1.54) is 0 Å². The molecule has 2 heterocycles. The Hall–Kier alpha value is -2.63. The molecular weight excluding hydrogens is 296 g/mol. The summed E-state index contributed by atoms with van der Waals surface area (Å²) < 4.78 is 0. The fraction of sp³-hybridized carbons (Fsp3) is 0.353. The zero-order valence-corrected chi connectivity index (χ0v) is 12.6. The van der Waals surface area contributed by atoms with Gasteiger partial charge in [0.2, 0.25) is 5.91 Å². The first-order chi connectivity index (χ1) is 11.1. The number of carboxylic acids is 1. The van der Waals surface area contributed by atoms with Gasteiger partial charge < -0.3 is 14.8 Å². The zero-order chi connectivity index (χ0) is 16.3. The molecule has 2 aliphatic rings. The van der Waals surface area contributed by atoms with E-state index >= 15 is 0 Å². The second-order valence-corrected chi connectivity index (χ2v) is 5.86. The normalized spacial score (nSPS) is 19.7. The van der Waals surface area contributed by atoms with Crippen LogP contribution in [0.25, 0.3) is 6.08 Å². The lowest BCUT2D eigenvalue weighted by molar-refractivity contribution is -0.132. The lowest BCUT2D eigenvalue weighted by Crippen LogP contribution is -2.46. The Morgan fingerprint density at radius 3 is 2.52 bits per heavy atom. The van der Waals surface area contributed by atoms with Gasteiger partial charge in [-0.2, -0.15) is 0 Å². The Labute approximate surface area is 134 Å².